The van der Waals surface area contributed by atoms with Gasteiger partial charge in [-0.05, 0) is 5.92 Å². The van der Waals surface area contributed by atoms with Gasteiger partial charge in [0.25, 0.3) is 5.22 Å². The van der Waals surface area contributed by atoms with E-state index in [4.69, 9.17) is 16.0 Å². The Hall–Kier alpha value is -0.150. The molecule has 0 amide bonds. The third-order valence-electron chi connectivity index (χ3n) is 1.16. The molecule has 0 saturated heterocycles. The van der Waals surface area contributed by atoms with E-state index in [0.717, 1.165) is 11.0 Å². The molecule has 1 atom stereocenters. The summed E-state index contributed by atoms with van der Waals surface area (Å²) in [6, 6.07) is 0. The molecular weight excluding hydrogens is 182 g/mol. The summed E-state index contributed by atoms with van der Waals surface area (Å²) in [6.45, 7) is 2.10. The van der Waals surface area contributed by atoms with E-state index in [-0.39, 0.29) is 0 Å². The second-order valence-electron chi connectivity index (χ2n) is 2.37. The minimum absolute atomic E-state index is 0.508. The molecule has 1 rings (SSSR count). The van der Waals surface area contributed by atoms with Crippen molar-refractivity contribution < 1.29 is 4.42 Å². The normalized spacial score (nSPS) is 13.3. The Kier molecular flexibility index (Phi) is 3.80. The highest BCUT2D eigenvalue weighted by Gasteiger charge is 2.03. The molecule has 0 fully saturated rings. The Morgan fingerprint density at radius 2 is 2.64 bits per heavy atom. The number of halogens is 1. The summed E-state index contributed by atoms with van der Waals surface area (Å²) in [4.78, 5) is 3.98. The highest BCUT2D eigenvalue weighted by atomic mass is 35.5. The van der Waals surface area contributed by atoms with E-state index in [1.165, 1.54) is 0 Å². The van der Waals surface area contributed by atoms with E-state index >= 15 is 0 Å². The molecule has 1 aromatic rings. The SMILES string of the molecule is CC(CCl)CSc1ncco1. The summed E-state index contributed by atoms with van der Waals surface area (Å²) in [7, 11) is 0. The second kappa shape index (κ2) is 4.67. The lowest BCUT2D eigenvalue weighted by Gasteiger charge is -2.02. The van der Waals surface area contributed by atoms with E-state index in [9.17, 15) is 0 Å². The fraction of sp³-hybridized carbons (Fsp3) is 0.571. The Morgan fingerprint density at radius 1 is 1.82 bits per heavy atom. The van der Waals surface area contributed by atoms with Crippen molar-refractivity contribution in [3.63, 3.8) is 0 Å². The van der Waals surface area contributed by atoms with Gasteiger partial charge in [-0.15, -0.1) is 11.6 Å². The smallest absolute Gasteiger partial charge is 0.255 e. The Morgan fingerprint density at radius 3 is 3.18 bits per heavy atom. The number of hydrogen-bond acceptors (Lipinski definition) is 3. The molecule has 1 heterocycles. The number of hydrogen-bond donors (Lipinski definition) is 0. The number of rotatable bonds is 4. The molecule has 0 N–H and O–H groups in total. The van der Waals surface area contributed by atoms with Gasteiger partial charge in [-0.3, -0.25) is 0 Å². The van der Waals surface area contributed by atoms with Gasteiger partial charge in [0.15, 0.2) is 0 Å². The zero-order chi connectivity index (χ0) is 8.10. The van der Waals surface area contributed by atoms with Crippen LogP contribution in [0.1, 0.15) is 6.92 Å². The summed E-state index contributed by atoms with van der Waals surface area (Å²) in [6.07, 6.45) is 3.22. The first-order chi connectivity index (χ1) is 5.33. The number of alkyl halides is 1. The molecule has 1 unspecified atom stereocenters. The molecule has 0 spiro atoms. The van der Waals surface area contributed by atoms with Crippen LogP contribution in [0.15, 0.2) is 22.1 Å². The number of nitrogens with zero attached hydrogens (tertiary/aromatic N) is 1. The third kappa shape index (κ3) is 3.16. The monoisotopic (exact) mass is 191 g/mol. The van der Waals surface area contributed by atoms with Crippen molar-refractivity contribution in [2.75, 3.05) is 11.6 Å². The molecule has 0 bridgehead atoms. The van der Waals surface area contributed by atoms with E-state index in [1.54, 1.807) is 24.2 Å². The Balaban J connectivity index is 2.23. The lowest BCUT2D eigenvalue weighted by molar-refractivity contribution is 0.453. The largest absolute Gasteiger partial charge is 0.440 e. The number of aromatic nitrogens is 1. The molecule has 62 valence electrons. The first-order valence-corrected chi connectivity index (χ1v) is 4.93. The number of thioether (sulfide) groups is 1. The molecule has 2 nitrogen and oxygen atoms in total. The summed E-state index contributed by atoms with van der Waals surface area (Å²) in [5.41, 5.74) is 0. The summed E-state index contributed by atoms with van der Waals surface area (Å²) < 4.78 is 5.04. The maximum atomic E-state index is 5.63. The molecule has 11 heavy (non-hydrogen) atoms. The van der Waals surface area contributed by atoms with Crippen molar-refractivity contribution in [3.8, 4) is 0 Å². The molecule has 0 aliphatic heterocycles. The van der Waals surface area contributed by atoms with Crippen LogP contribution in [0.25, 0.3) is 0 Å². The van der Waals surface area contributed by atoms with Crippen LogP contribution in [0.3, 0.4) is 0 Å². The lowest BCUT2D eigenvalue weighted by atomic mass is 10.3. The van der Waals surface area contributed by atoms with Crippen LogP contribution >= 0.6 is 23.4 Å². The van der Waals surface area contributed by atoms with Gasteiger partial charge < -0.3 is 4.42 Å². The van der Waals surface area contributed by atoms with Gasteiger partial charge in [-0.2, -0.15) is 0 Å². The molecule has 0 saturated carbocycles. The summed E-state index contributed by atoms with van der Waals surface area (Å²) >= 11 is 7.23. The highest BCUT2D eigenvalue weighted by Crippen LogP contribution is 2.18. The zero-order valence-electron chi connectivity index (χ0n) is 6.29. The van der Waals surface area contributed by atoms with E-state index in [0.29, 0.717) is 11.8 Å². The van der Waals surface area contributed by atoms with Crippen molar-refractivity contribution in [2.45, 2.75) is 12.1 Å². The van der Waals surface area contributed by atoms with E-state index in [2.05, 4.69) is 11.9 Å². The van der Waals surface area contributed by atoms with Gasteiger partial charge in [0.2, 0.25) is 0 Å². The van der Waals surface area contributed by atoms with E-state index in [1.807, 2.05) is 0 Å². The van der Waals surface area contributed by atoms with Crippen molar-refractivity contribution in [2.24, 2.45) is 5.92 Å². The van der Waals surface area contributed by atoms with Crippen LogP contribution in [0, 0.1) is 5.92 Å². The predicted molar refractivity (Wildman–Crippen MR) is 47.1 cm³/mol. The van der Waals surface area contributed by atoms with Gasteiger partial charge in [-0.25, -0.2) is 4.98 Å². The molecule has 0 radical (unpaired) electrons. The predicted octanol–water partition coefficient (Wildman–Crippen LogP) is 2.64. The molecule has 1 aromatic heterocycles. The maximum absolute atomic E-state index is 5.63. The molecule has 0 aliphatic carbocycles. The average Bonchev–Trinajstić information content (AvgIpc) is 2.52. The van der Waals surface area contributed by atoms with Crippen molar-refractivity contribution in [1.29, 1.82) is 0 Å². The topological polar surface area (TPSA) is 26.0 Å². The van der Waals surface area contributed by atoms with Gasteiger partial charge in [0.05, 0.1) is 6.20 Å². The zero-order valence-corrected chi connectivity index (χ0v) is 7.86. The Labute approximate surface area is 75.3 Å². The molecule has 4 heteroatoms. The quantitative estimate of drug-likeness (QED) is 0.541. The van der Waals surface area contributed by atoms with Gasteiger partial charge in [-0.1, -0.05) is 18.7 Å². The lowest BCUT2D eigenvalue weighted by Crippen LogP contribution is -1.98. The van der Waals surface area contributed by atoms with Gasteiger partial charge in [0, 0.05) is 11.6 Å². The summed E-state index contributed by atoms with van der Waals surface area (Å²) in [5, 5.41) is 0.724. The van der Waals surface area contributed by atoms with Crippen molar-refractivity contribution >= 4 is 23.4 Å². The Bertz CT molecular complexity index is 190. The van der Waals surface area contributed by atoms with Gasteiger partial charge >= 0.3 is 0 Å². The number of oxazole rings is 1. The van der Waals surface area contributed by atoms with Crippen LogP contribution in [0.2, 0.25) is 0 Å². The van der Waals surface area contributed by atoms with Gasteiger partial charge in [0.1, 0.15) is 6.26 Å². The first-order valence-electron chi connectivity index (χ1n) is 3.41. The van der Waals surface area contributed by atoms with Crippen LogP contribution < -0.4 is 0 Å². The fourth-order valence-corrected chi connectivity index (χ4v) is 1.58. The third-order valence-corrected chi connectivity index (χ3v) is 2.88. The van der Waals surface area contributed by atoms with Crippen molar-refractivity contribution in [1.82, 2.24) is 4.98 Å². The first kappa shape index (κ1) is 8.94. The summed E-state index contributed by atoms with van der Waals surface area (Å²) in [5.74, 6) is 2.16. The van der Waals surface area contributed by atoms with Crippen LogP contribution in [-0.2, 0) is 0 Å². The minimum Gasteiger partial charge on any atom is -0.440 e. The second-order valence-corrected chi connectivity index (χ2v) is 3.65. The van der Waals surface area contributed by atoms with Crippen LogP contribution in [0.5, 0.6) is 0 Å². The standard InChI is InChI=1S/C7H10ClNOS/c1-6(4-8)5-11-7-9-2-3-10-7/h2-3,6H,4-5H2,1H3. The minimum atomic E-state index is 0.508. The molecule has 0 aliphatic rings. The average molecular weight is 192 g/mol. The molecular formula is C7H10ClNOS. The van der Waals surface area contributed by atoms with Crippen LogP contribution in [0.4, 0.5) is 0 Å². The molecule has 0 aromatic carbocycles. The highest BCUT2D eigenvalue weighted by molar-refractivity contribution is 7.99. The maximum Gasteiger partial charge on any atom is 0.255 e. The van der Waals surface area contributed by atoms with Crippen molar-refractivity contribution in [3.05, 3.63) is 12.5 Å². The fourth-order valence-electron chi connectivity index (χ4n) is 0.540. The van der Waals surface area contributed by atoms with E-state index < -0.39 is 0 Å². The van der Waals surface area contributed by atoms with Crippen LogP contribution in [-0.4, -0.2) is 16.6 Å².